The van der Waals surface area contributed by atoms with Gasteiger partial charge in [0.05, 0.1) is 12.2 Å². The summed E-state index contributed by atoms with van der Waals surface area (Å²) < 4.78 is 5.33. The number of hydrogen-bond donors (Lipinski definition) is 2. The van der Waals surface area contributed by atoms with Crippen molar-refractivity contribution >= 4 is 5.82 Å². The van der Waals surface area contributed by atoms with Gasteiger partial charge in [-0.1, -0.05) is 18.9 Å². The predicted molar refractivity (Wildman–Crippen MR) is 67.3 cm³/mol. The summed E-state index contributed by atoms with van der Waals surface area (Å²) in [5, 5.41) is 13.4. The fraction of sp³-hybridized carbons (Fsp3) is 0.615. The summed E-state index contributed by atoms with van der Waals surface area (Å²) in [7, 11) is 0. The molecule has 1 saturated carbocycles. The number of hydrogen-bond acceptors (Lipinski definition) is 4. The van der Waals surface area contributed by atoms with Gasteiger partial charge in [-0.2, -0.15) is 4.98 Å². The van der Waals surface area contributed by atoms with E-state index in [2.05, 4.69) is 10.3 Å². The van der Waals surface area contributed by atoms with E-state index in [4.69, 9.17) is 4.74 Å². The van der Waals surface area contributed by atoms with Crippen LogP contribution in [0.15, 0.2) is 18.2 Å². The van der Waals surface area contributed by atoms with Gasteiger partial charge in [-0.15, -0.1) is 0 Å². The van der Waals surface area contributed by atoms with Gasteiger partial charge in [-0.25, -0.2) is 0 Å². The second-order valence-electron chi connectivity index (χ2n) is 4.58. The lowest BCUT2D eigenvalue weighted by molar-refractivity contribution is 0.0614. The molecular weight excluding hydrogens is 216 g/mol. The van der Waals surface area contributed by atoms with Crippen molar-refractivity contribution in [1.29, 1.82) is 0 Å². The van der Waals surface area contributed by atoms with Crippen LogP contribution in [0, 0.1) is 0 Å². The Morgan fingerprint density at radius 1 is 1.41 bits per heavy atom. The van der Waals surface area contributed by atoms with Gasteiger partial charge in [-0.3, -0.25) is 0 Å². The van der Waals surface area contributed by atoms with Gasteiger partial charge in [0.2, 0.25) is 5.88 Å². The van der Waals surface area contributed by atoms with Crippen LogP contribution in [0.3, 0.4) is 0 Å². The quantitative estimate of drug-likeness (QED) is 0.823. The van der Waals surface area contributed by atoms with Crippen molar-refractivity contribution in [3.05, 3.63) is 18.2 Å². The van der Waals surface area contributed by atoms with Crippen LogP contribution in [-0.4, -0.2) is 28.8 Å². The zero-order valence-electron chi connectivity index (χ0n) is 10.3. The van der Waals surface area contributed by atoms with Crippen molar-refractivity contribution in [2.24, 2.45) is 0 Å². The van der Waals surface area contributed by atoms with Gasteiger partial charge in [0.1, 0.15) is 5.82 Å². The van der Waals surface area contributed by atoms with Crippen LogP contribution in [0.4, 0.5) is 5.82 Å². The summed E-state index contributed by atoms with van der Waals surface area (Å²) in [6.07, 6.45) is 3.99. The van der Waals surface area contributed by atoms with Gasteiger partial charge in [0.25, 0.3) is 0 Å². The highest BCUT2D eigenvalue weighted by Crippen LogP contribution is 2.29. The Morgan fingerprint density at radius 2 is 2.18 bits per heavy atom. The molecule has 17 heavy (non-hydrogen) atoms. The highest BCUT2D eigenvalue weighted by atomic mass is 16.5. The molecule has 2 rings (SSSR count). The molecular formula is C13H20N2O2. The highest BCUT2D eigenvalue weighted by molar-refractivity contribution is 5.37. The van der Waals surface area contributed by atoms with Gasteiger partial charge in [-0.05, 0) is 25.8 Å². The molecule has 4 heteroatoms. The molecule has 1 heterocycles. The molecule has 0 radical (unpaired) electrons. The number of rotatable bonds is 5. The molecule has 0 spiro atoms. The maximum atomic E-state index is 10.2. The van der Waals surface area contributed by atoms with Gasteiger partial charge < -0.3 is 15.2 Å². The predicted octanol–water partition coefficient (Wildman–Crippen LogP) is 2.20. The van der Waals surface area contributed by atoms with Crippen molar-refractivity contribution in [1.82, 2.24) is 4.98 Å². The smallest absolute Gasteiger partial charge is 0.215 e. The zero-order chi connectivity index (χ0) is 12.1. The maximum absolute atomic E-state index is 10.2. The first-order valence-corrected chi connectivity index (χ1v) is 6.28. The normalized spacial score (nSPS) is 18.0. The standard InChI is InChI=1S/C13H20N2O2/c1-2-17-12-7-5-6-11(15-12)14-10-13(16)8-3-4-9-13/h5-7,16H,2-4,8-10H2,1H3,(H,14,15). The third-order valence-corrected chi connectivity index (χ3v) is 3.15. The van der Waals surface area contributed by atoms with Crippen LogP contribution in [0.5, 0.6) is 5.88 Å². The van der Waals surface area contributed by atoms with E-state index >= 15 is 0 Å². The number of nitrogens with one attached hydrogen (secondary N) is 1. The molecule has 0 aromatic carbocycles. The Morgan fingerprint density at radius 3 is 2.88 bits per heavy atom. The molecule has 4 nitrogen and oxygen atoms in total. The number of pyridine rings is 1. The monoisotopic (exact) mass is 236 g/mol. The van der Waals surface area contributed by atoms with Gasteiger partial charge in [0, 0.05) is 12.6 Å². The largest absolute Gasteiger partial charge is 0.478 e. The average Bonchev–Trinajstić information content (AvgIpc) is 2.76. The molecule has 2 N–H and O–H groups in total. The Bertz CT molecular complexity index is 362. The molecule has 94 valence electrons. The molecule has 0 aliphatic heterocycles. The second kappa shape index (κ2) is 5.36. The fourth-order valence-corrected chi connectivity index (χ4v) is 2.21. The number of aromatic nitrogens is 1. The third kappa shape index (κ3) is 3.33. The van der Waals surface area contributed by atoms with Crippen molar-refractivity contribution in [2.45, 2.75) is 38.2 Å². The highest BCUT2D eigenvalue weighted by Gasteiger charge is 2.30. The molecule has 0 bridgehead atoms. The van der Waals surface area contributed by atoms with Crippen molar-refractivity contribution in [2.75, 3.05) is 18.5 Å². The minimum absolute atomic E-state index is 0.552. The van der Waals surface area contributed by atoms with E-state index in [0.29, 0.717) is 19.0 Å². The summed E-state index contributed by atoms with van der Waals surface area (Å²) in [4.78, 5) is 4.31. The number of aliphatic hydroxyl groups is 1. The van der Waals surface area contributed by atoms with Crippen LogP contribution >= 0.6 is 0 Å². The van der Waals surface area contributed by atoms with Gasteiger partial charge >= 0.3 is 0 Å². The van der Waals surface area contributed by atoms with E-state index < -0.39 is 5.60 Å². The molecule has 1 aliphatic rings. The Kier molecular flexibility index (Phi) is 3.84. The zero-order valence-corrected chi connectivity index (χ0v) is 10.3. The van der Waals surface area contributed by atoms with E-state index in [1.807, 2.05) is 25.1 Å². The topological polar surface area (TPSA) is 54.4 Å². The lowest BCUT2D eigenvalue weighted by Crippen LogP contribution is -2.33. The minimum Gasteiger partial charge on any atom is -0.478 e. The molecule has 0 saturated heterocycles. The summed E-state index contributed by atoms with van der Waals surface area (Å²) in [5.74, 6) is 1.38. The van der Waals surface area contributed by atoms with E-state index in [0.717, 1.165) is 31.5 Å². The van der Waals surface area contributed by atoms with Crippen molar-refractivity contribution in [3.63, 3.8) is 0 Å². The maximum Gasteiger partial charge on any atom is 0.215 e. The fourth-order valence-electron chi connectivity index (χ4n) is 2.21. The van der Waals surface area contributed by atoms with Crippen LogP contribution in [0.2, 0.25) is 0 Å². The van der Waals surface area contributed by atoms with Crippen LogP contribution in [0.1, 0.15) is 32.6 Å². The summed E-state index contributed by atoms with van der Waals surface area (Å²) in [5.41, 5.74) is -0.552. The Labute approximate surface area is 102 Å². The van der Waals surface area contributed by atoms with Crippen molar-refractivity contribution in [3.8, 4) is 5.88 Å². The molecule has 0 atom stereocenters. The average molecular weight is 236 g/mol. The third-order valence-electron chi connectivity index (χ3n) is 3.15. The van der Waals surface area contributed by atoms with Crippen molar-refractivity contribution < 1.29 is 9.84 Å². The van der Waals surface area contributed by atoms with Crippen LogP contribution in [-0.2, 0) is 0 Å². The molecule has 0 unspecified atom stereocenters. The number of ether oxygens (including phenoxy) is 1. The first-order valence-electron chi connectivity index (χ1n) is 6.28. The Hall–Kier alpha value is -1.29. The first-order chi connectivity index (χ1) is 8.22. The summed E-state index contributed by atoms with van der Waals surface area (Å²) >= 11 is 0. The molecule has 1 aromatic heterocycles. The molecule has 1 aliphatic carbocycles. The molecule has 1 fully saturated rings. The summed E-state index contributed by atoms with van der Waals surface area (Å²) in [6, 6.07) is 5.62. The van der Waals surface area contributed by atoms with Crippen LogP contribution < -0.4 is 10.1 Å². The number of anilines is 1. The van der Waals surface area contributed by atoms with E-state index in [-0.39, 0.29) is 0 Å². The molecule has 1 aromatic rings. The van der Waals surface area contributed by atoms with Crippen LogP contribution in [0.25, 0.3) is 0 Å². The summed E-state index contributed by atoms with van der Waals surface area (Å²) in [6.45, 7) is 3.11. The SMILES string of the molecule is CCOc1cccc(NCC2(O)CCCC2)n1. The number of nitrogens with zero attached hydrogens (tertiary/aromatic N) is 1. The second-order valence-corrected chi connectivity index (χ2v) is 4.58. The van der Waals surface area contributed by atoms with E-state index in [1.165, 1.54) is 0 Å². The van der Waals surface area contributed by atoms with Gasteiger partial charge in [0.15, 0.2) is 0 Å². The molecule has 0 amide bonds. The minimum atomic E-state index is -0.552. The Balaban J connectivity index is 1.91. The first kappa shape index (κ1) is 12.2. The lowest BCUT2D eigenvalue weighted by Gasteiger charge is -2.22. The lowest BCUT2D eigenvalue weighted by atomic mass is 10.0. The van der Waals surface area contributed by atoms with E-state index in [1.54, 1.807) is 0 Å². The van der Waals surface area contributed by atoms with E-state index in [9.17, 15) is 5.11 Å².